The quantitative estimate of drug-likeness (QED) is 0.0461. The zero-order valence-electron chi connectivity index (χ0n) is 51.0. The lowest BCUT2D eigenvalue weighted by Crippen LogP contribution is -2.38. The molecular weight excluding hydrogens is 1100 g/mol. The van der Waals surface area contributed by atoms with Crippen LogP contribution in [0, 0.1) is 29.6 Å². The molecule has 11 N–H and O–H groups in total. The summed E-state index contributed by atoms with van der Waals surface area (Å²) >= 11 is 0. The van der Waals surface area contributed by atoms with Crippen LogP contribution in [-0.4, -0.2) is 155 Å². The maximum Gasteiger partial charge on any atom is 0.405 e. The van der Waals surface area contributed by atoms with Gasteiger partial charge in [0.05, 0.1) is 53.3 Å². The van der Waals surface area contributed by atoms with Gasteiger partial charge in [0, 0.05) is 87.8 Å². The summed E-state index contributed by atoms with van der Waals surface area (Å²) in [5.74, 6) is -1.56. The third kappa shape index (κ3) is 20.1. The molecular formula is C62H89N7O16. The minimum atomic E-state index is -1.06. The van der Waals surface area contributed by atoms with Gasteiger partial charge < -0.3 is 71.1 Å². The van der Waals surface area contributed by atoms with Crippen molar-refractivity contribution in [3.63, 3.8) is 0 Å². The molecule has 0 fully saturated rings. The number of carbonyl (C=O) groups is 8. The maximum absolute atomic E-state index is 14.2. The molecule has 2 aliphatic carbocycles. The Balaban J connectivity index is 1.49. The first-order valence-corrected chi connectivity index (χ1v) is 28.6. The smallest absolute Gasteiger partial charge is 0.405 e. The summed E-state index contributed by atoms with van der Waals surface area (Å²) in [6.07, 6.45) is 9.17. The summed E-state index contributed by atoms with van der Waals surface area (Å²) in [7, 11) is 5.74. The second-order valence-electron chi connectivity index (χ2n) is 22.2. The van der Waals surface area contributed by atoms with Crippen LogP contribution in [0.2, 0.25) is 0 Å². The van der Waals surface area contributed by atoms with Gasteiger partial charge in [0.2, 0.25) is 23.1 Å². The number of primary amides is 1. The number of nitrogens with one attached hydrogen (secondary N) is 5. The molecule has 2 heterocycles. The molecule has 468 valence electrons. The summed E-state index contributed by atoms with van der Waals surface area (Å²) in [6.45, 7) is 15.3. The fraction of sp³-hybridized carbons (Fsp3) is 0.548. The normalized spacial score (nSPS) is 31.7. The standard InChI is InChI=1S/C62H89N7O16/c1-33-25-41-52(45(70)31-43(56(41)74)68-59(76)35(3)17-13-19-47(80-9)51(61(78)85-64)37(5)29-38(6)54(72)49(27-33)82-11)66-23-15-21-65-22-16-24-67-53-42-26-34(2)28-50(83-12)55(73)39(7)30-40(8)58(84-62(63)79)48(81-10)20-14-18-36(4)60(77)69-44(57(42)75)32-46(53)71/h13-14,17-20,29-34,38-39,47-51,54-55,58,65-67,72-73H,15-16,21-28,64H2,1-12H3,(H2,63,79)(H,68,76)(H,69,77)/b19-13-,20-14-,35-17+,36-18+,37-29+,40-30+. The fourth-order valence-electron chi connectivity index (χ4n) is 10.7. The number of methoxy groups -OCH3 is 4. The van der Waals surface area contributed by atoms with Gasteiger partial charge in [-0.05, 0) is 96.7 Å². The van der Waals surface area contributed by atoms with E-state index in [9.17, 15) is 48.6 Å². The number of carbonyl (C=O) groups excluding carboxylic acids is 8. The van der Waals surface area contributed by atoms with Crippen LogP contribution in [0.4, 0.5) is 4.79 Å². The van der Waals surface area contributed by atoms with Crippen LogP contribution in [0.5, 0.6) is 0 Å². The van der Waals surface area contributed by atoms with E-state index < -0.39 is 107 Å². The second-order valence-corrected chi connectivity index (χ2v) is 22.2. The first-order valence-electron chi connectivity index (χ1n) is 28.6. The molecule has 4 aliphatic rings. The number of hydrogen-bond donors (Lipinski definition) is 9. The molecule has 3 amide bonds. The van der Waals surface area contributed by atoms with E-state index in [0.29, 0.717) is 37.1 Å². The lowest BCUT2D eigenvalue weighted by molar-refractivity contribution is -0.151. The molecule has 23 heteroatoms. The van der Waals surface area contributed by atoms with Crippen molar-refractivity contribution >= 4 is 47.0 Å². The average molecular weight is 1190 g/mol. The molecule has 12 atom stereocenters. The van der Waals surface area contributed by atoms with E-state index in [1.807, 2.05) is 13.8 Å². The number of aliphatic hydroxyl groups is 2. The Bertz CT molecular complexity index is 2790. The Hall–Kier alpha value is -6.96. The zero-order chi connectivity index (χ0) is 63.2. The van der Waals surface area contributed by atoms with Crippen molar-refractivity contribution in [2.75, 3.05) is 54.6 Å². The summed E-state index contributed by atoms with van der Waals surface area (Å²) in [4.78, 5) is 113. The van der Waals surface area contributed by atoms with E-state index in [2.05, 4.69) is 31.4 Å². The van der Waals surface area contributed by atoms with Crippen LogP contribution in [-0.2, 0) is 62.1 Å². The van der Waals surface area contributed by atoms with Crippen molar-refractivity contribution < 1.29 is 77.1 Å². The number of aliphatic hydroxyl groups excluding tert-OH is 2. The third-order valence-corrected chi connectivity index (χ3v) is 15.5. The molecule has 0 radical (unpaired) electrons. The lowest BCUT2D eigenvalue weighted by atomic mass is 9.84. The predicted molar refractivity (Wildman–Crippen MR) is 316 cm³/mol. The maximum atomic E-state index is 14.2. The molecule has 0 saturated carbocycles. The number of amides is 3. The van der Waals surface area contributed by atoms with E-state index in [1.165, 1.54) is 66.6 Å². The largest absolute Gasteiger partial charge is 0.439 e. The van der Waals surface area contributed by atoms with Gasteiger partial charge >= 0.3 is 12.1 Å². The molecule has 85 heavy (non-hydrogen) atoms. The first kappa shape index (κ1) is 70.5. The van der Waals surface area contributed by atoms with Gasteiger partial charge in [0.15, 0.2) is 6.10 Å². The molecule has 0 saturated heterocycles. The number of rotatable bonds is 16. The molecule has 2 aliphatic heterocycles. The molecule has 4 rings (SSSR count). The molecule has 12 unspecified atom stereocenters. The van der Waals surface area contributed by atoms with Gasteiger partial charge in [-0.3, -0.25) is 28.8 Å². The number of nitrogens with two attached hydrogens (primary N) is 2. The SMILES string of the molecule is COC1/C=C\C=C(/C)C(=O)NC2=CC(=O)C(NCCCNCCCNC3=C4CC(C)CC(OC)C(O)C(C)/C=C(\C)C(C(=O)ON)C(OC)/C=C\C=C(/C)C(=O)NC(=CC3=O)C4=O)=C(CC(C)CC(OC)C(O)C(C)/C=C(\C)C1OC(N)=O)C2=O. The van der Waals surface area contributed by atoms with E-state index in [1.54, 1.807) is 52.0 Å². The third-order valence-electron chi connectivity index (χ3n) is 15.5. The summed E-state index contributed by atoms with van der Waals surface area (Å²) in [6, 6.07) is 0. The highest BCUT2D eigenvalue weighted by Crippen LogP contribution is 2.32. The molecule has 0 spiro atoms. The number of ketones is 4. The first-order chi connectivity index (χ1) is 40.3. The van der Waals surface area contributed by atoms with E-state index in [0.717, 1.165) is 12.2 Å². The Morgan fingerprint density at radius 3 is 1.45 bits per heavy atom. The number of allylic oxidation sites excluding steroid dienone is 8. The highest BCUT2D eigenvalue weighted by Gasteiger charge is 2.37. The van der Waals surface area contributed by atoms with Gasteiger partial charge in [-0.25, -0.2) is 9.59 Å². The average Bonchev–Trinajstić information content (AvgIpc) is 3.46. The van der Waals surface area contributed by atoms with Crippen molar-refractivity contribution in [1.29, 1.82) is 0 Å². The van der Waals surface area contributed by atoms with Gasteiger partial charge in [-0.2, -0.15) is 5.90 Å². The van der Waals surface area contributed by atoms with Gasteiger partial charge in [0.1, 0.15) is 12.0 Å². The summed E-state index contributed by atoms with van der Waals surface area (Å²) in [5, 5.41) is 38.0. The monoisotopic (exact) mass is 1190 g/mol. The highest BCUT2D eigenvalue weighted by atomic mass is 16.7. The van der Waals surface area contributed by atoms with Gasteiger partial charge in [0.25, 0.3) is 11.8 Å². The second kappa shape index (κ2) is 34.3. The number of Topliss-reactive ketones (excluding diaryl/α,β-unsaturated/α-hetero) is 2. The van der Waals surface area contributed by atoms with Gasteiger partial charge in [-0.1, -0.05) is 81.9 Å². The van der Waals surface area contributed by atoms with Gasteiger partial charge in [-0.15, -0.1) is 0 Å². The topological polar surface area (TPSA) is 345 Å². The highest BCUT2D eigenvalue weighted by molar-refractivity contribution is 6.24. The Morgan fingerprint density at radius 1 is 0.624 bits per heavy atom. The van der Waals surface area contributed by atoms with Crippen LogP contribution in [0.15, 0.2) is 117 Å². The molecule has 0 aromatic heterocycles. The van der Waals surface area contributed by atoms with Crippen molar-refractivity contribution in [3.05, 3.63) is 117 Å². The van der Waals surface area contributed by atoms with Crippen molar-refractivity contribution in [1.82, 2.24) is 26.6 Å². The predicted octanol–water partition coefficient (Wildman–Crippen LogP) is 3.66. The summed E-state index contributed by atoms with van der Waals surface area (Å²) in [5.41, 5.74) is 6.96. The molecule has 23 nitrogen and oxygen atoms in total. The van der Waals surface area contributed by atoms with Crippen LogP contribution in [0.25, 0.3) is 0 Å². The lowest BCUT2D eigenvalue weighted by Gasteiger charge is -2.30. The molecule has 4 bridgehead atoms. The molecule has 0 aromatic carbocycles. The number of fused-ring (bicyclic) bond motifs is 4. The Labute approximate surface area is 498 Å². The summed E-state index contributed by atoms with van der Waals surface area (Å²) < 4.78 is 28.2. The van der Waals surface area contributed by atoms with Crippen molar-refractivity contribution in [2.45, 2.75) is 137 Å². The van der Waals surface area contributed by atoms with E-state index in [4.69, 9.17) is 35.3 Å². The van der Waals surface area contributed by atoms with Crippen molar-refractivity contribution in [2.24, 2.45) is 41.2 Å². The van der Waals surface area contributed by atoms with Crippen LogP contribution in [0.3, 0.4) is 0 Å². The Morgan fingerprint density at radius 2 is 1.05 bits per heavy atom. The number of ether oxygens (including phenoxy) is 5. The van der Waals surface area contributed by atoms with E-state index in [-0.39, 0.29) is 95.7 Å². The molecule has 0 aromatic rings. The van der Waals surface area contributed by atoms with E-state index >= 15 is 0 Å². The zero-order valence-corrected chi connectivity index (χ0v) is 51.0. The van der Waals surface area contributed by atoms with Crippen molar-refractivity contribution in [3.8, 4) is 0 Å². The Kier molecular flexibility index (Phi) is 28.4. The number of hydrogen-bond acceptors (Lipinski definition) is 20. The van der Waals surface area contributed by atoms with Crippen LogP contribution in [0.1, 0.15) is 93.9 Å². The fourth-order valence-corrected chi connectivity index (χ4v) is 10.7. The van der Waals surface area contributed by atoms with Crippen LogP contribution >= 0.6 is 0 Å². The van der Waals surface area contributed by atoms with Crippen LogP contribution < -0.4 is 38.2 Å². The minimum Gasteiger partial charge on any atom is -0.439 e. The minimum absolute atomic E-state index is 0.0900.